The number of carbonyl (C=O) groups excluding carboxylic acids is 2. The van der Waals surface area contributed by atoms with Crippen molar-refractivity contribution in [2.24, 2.45) is 0 Å². The van der Waals surface area contributed by atoms with Crippen LogP contribution in [0.25, 0.3) is 0 Å². The fourth-order valence-electron chi connectivity index (χ4n) is 3.87. The van der Waals surface area contributed by atoms with E-state index in [0.29, 0.717) is 0 Å². The highest BCUT2D eigenvalue weighted by molar-refractivity contribution is 5.85. The summed E-state index contributed by atoms with van der Waals surface area (Å²) in [5.74, 6) is -3.74. The Labute approximate surface area is 220 Å². The van der Waals surface area contributed by atoms with E-state index in [9.17, 15) is 29.4 Å². The molecular weight excluding hydrogens is 514 g/mol. The highest BCUT2D eigenvalue weighted by Crippen LogP contribution is 2.15. The van der Waals surface area contributed by atoms with Crippen molar-refractivity contribution in [2.75, 3.05) is 26.4 Å². The minimum Gasteiger partial charge on any atom is -0.480 e. The van der Waals surface area contributed by atoms with Crippen LogP contribution in [0, 0.1) is 0 Å². The Morgan fingerprint density at radius 1 is 0.615 bits per heavy atom. The highest BCUT2D eigenvalue weighted by Gasteiger charge is 2.31. The van der Waals surface area contributed by atoms with E-state index in [4.69, 9.17) is 0 Å². The van der Waals surface area contributed by atoms with Gasteiger partial charge in [0, 0.05) is 49.6 Å². The van der Waals surface area contributed by atoms with Gasteiger partial charge in [-0.3, -0.25) is 24.5 Å². The first-order valence-electron chi connectivity index (χ1n) is 11.5. The van der Waals surface area contributed by atoms with E-state index < -0.39 is 49.2 Å². The number of nitrogens with one attached hydrogen (secondary N) is 1. The van der Waals surface area contributed by atoms with Gasteiger partial charge in [-0.1, -0.05) is 0 Å². The van der Waals surface area contributed by atoms with Crippen molar-refractivity contribution in [3.63, 3.8) is 0 Å². The van der Waals surface area contributed by atoms with Gasteiger partial charge in [0.25, 0.3) is 11.8 Å². The summed E-state index contributed by atoms with van der Waals surface area (Å²) >= 11 is 0. The topological polar surface area (TPSA) is 199 Å². The van der Waals surface area contributed by atoms with Crippen molar-refractivity contribution in [3.8, 4) is 0 Å². The van der Waals surface area contributed by atoms with Crippen molar-refractivity contribution in [2.45, 2.75) is 12.3 Å². The zero-order valence-electron chi connectivity index (χ0n) is 20.4. The number of hydrogen-bond donors (Lipinski definition) is 3. The van der Waals surface area contributed by atoms with Crippen molar-refractivity contribution in [1.29, 1.82) is 0 Å². The number of hydrogen-bond acceptors (Lipinski definition) is 9. The zero-order chi connectivity index (χ0) is 27.8. The number of carboxylic acid groups (broad SMARTS) is 2. The number of imidazole rings is 4. The lowest BCUT2D eigenvalue weighted by Crippen LogP contribution is -2.51. The van der Waals surface area contributed by atoms with Crippen LogP contribution in [-0.4, -0.2) is 108 Å². The molecule has 0 atom stereocenters. The van der Waals surface area contributed by atoms with Crippen molar-refractivity contribution in [3.05, 3.63) is 74.9 Å². The molecule has 4 heterocycles. The van der Waals surface area contributed by atoms with Crippen molar-refractivity contribution >= 4 is 23.8 Å². The summed E-state index contributed by atoms with van der Waals surface area (Å²) in [6.45, 7) is -1.94. The molecule has 39 heavy (non-hydrogen) atoms. The summed E-state index contributed by atoms with van der Waals surface area (Å²) in [5, 5.41) is 21.7. The molecule has 0 fully saturated rings. The molecule has 0 aliphatic heterocycles. The molecule has 0 aromatic carbocycles. The molecule has 0 aliphatic rings. The Balaban J connectivity index is 1.52. The second-order valence-electron chi connectivity index (χ2n) is 8.21. The Kier molecular flexibility index (Phi) is 8.42. The first-order valence-corrected chi connectivity index (χ1v) is 11.5. The van der Waals surface area contributed by atoms with Crippen molar-refractivity contribution in [1.82, 2.24) is 53.3 Å². The fraction of sp³-hybridized carbons (Fsp3) is 0.273. The molecule has 17 nitrogen and oxygen atoms in total. The summed E-state index contributed by atoms with van der Waals surface area (Å²) in [6, 6.07) is 0. The predicted molar refractivity (Wildman–Crippen MR) is 129 cm³/mol. The third-order valence-corrected chi connectivity index (χ3v) is 5.55. The number of aliphatic carboxylic acids is 2. The lowest BCUT2D eigenvalue weighted by Gasteiger charge is -2.30. The molecule has 0 radical (unpaired) electrons. The van der Waals surface area contributed by atoms with Gasteiger partial charge in [-0.2, -0.15) is 0 Å². The number of aromatic nitrogens is 8. The highest BCUT2D eigenvalue weighted by atomic mass is 16.4. The largest absolute Gasteiger partial charge is 0.480 e. The van der Waals surface area contributed by atoms with E-state index in [-0.39, 0.29) is 13.3 Å². The summed E-state index contributed by atoms with van der Waals surface area (Å²) in [6.07, 6.45) is 15.7. The van der Waals surface area contributed by atoms with Gasteiger partial charge in [0.15, 0.2) is 12.3 Å². The molecule has 0 saturated heterocycles. The molecule has 4 rings (SSSR count). The number of amides is 2. The van der Waals surface area contributed by atoms with Crippen LogP contribution in [0.2, 0.25) is 0 Å². The predicted octanol–water partition coefficient (Wildman–Crippen LogP) is -1.40. The Morgan fingerprint density at radius 3 is 1.15 bits per heavy atom. The van der Waals surface area contributed by atoms with Crippen LogP contribution in [0.5, 0.6) is 0 Å². The lowest BCUT2D eigenvalue weighted by atomic mass is 10.3. The van der Waals surface area contributed by atoms with Crippen LogP contribution in [0.1, 0.15) is 12.3 Å². The molecule has 0 unspecified atom stereocenters. The summed E-state index contributed by atoms with van der Waals surface area (Å²) < 4.78 is 5.94. The van der Waals surface area contributed by atoms with E-state index in [0.717, 1.165) is 9.80 Å². The fourth-order valence-corrected chi connectivity index (χ4v) is 3.87. The van der Waals surface area contributed by atoms with Crippen LogP contribution in [0.15, 0.2) is 74.9 Å². The van der Waals surface area contributed by atoms with Gasteiger partial charge in [0.2, 0.25) is 0 Å². The van der Waals surface area contributed by atoms with E-state index in [1.807, 2.05) is 0 Å². The Hall–Kier alpha value is -5.32. The zero-order valence-corrected chi connectivity index (χ0v) is 20.4. The van der Waals surface area contributed by atoms with Gasteiger partial charge in [0.05, 0.1) is 38.6 Å². The number of carboxylic acids is 2. The molecule has 0 aliphatic carbocycles. The molecule has 0 bridgehead atoms. The van der Waals surface area contributed by atoms with E-state index in [2.05, 4.69) is 25.3 Å². The third kappa shape index (κ3) is 6.52. The smallest absolute Gasteiger partial charge is 0.323 e. The first-order chi connectivity index (χ1) is 18.8. The second-order valence-corrected chi connectivity index (χ2v) is 8.21. The average Bonchev–Trinajstić information content (AvgIpc) is 3.71. The molecule has 3 N–H and O–H groups in total. The Bertz CT molecular complexity index is 1180. The average molecular weight is 540 g/mol. The summed E-state index contributed by atoms with van der Waals surface area (Å²) in [7, 11) is 0. The van der Waals surface area contributed by atoms with Crippen LogP contribution < -0.4 is 5.32 Å². The third-order valence-electron chi connectivity index (χ3n) is 5.55. The maximum atomic E-state index is 13.5. The molecular formula is C22H25N11O6. The molecule has 4 aromatic rings. The molecule has 204 valence electrons. The minimum atomic E-state index is -1.26. The molecule has 17 heteroatoms. The van der Waals surface area contributed by atoms with Crippen LogP contribution >= 0.6 is 0 Å². The molecule has 2 amide bonds. The van der Waals surface area contributed by atoms with Gasteiger partial charge >= 0.3 is 11.9 Å². The van der Waals surface area contributed by atoms with Gasteiger partial charge in [-0.25, -0.2) is 19.9 Å². The number of carbonyl (C=O) groups is 4. The van der Waals surface area contributed by atoms with Crippen LogP contribution in [0.4, 0.5) is 0 Å². The van der Waals surface area contributed by atoms with E-state index >= 15 is 0 Å². The first kappa shape index (κ1) is 26.7. The van der Waals surface area contributed by atoms with E-state index in [1.165, 1.54) is 68.4 Å². The molecule has 4 aromatic heterocycles. The normalized spacial score (nSPS) is 11.1. The maximum Gasteiger partial charge on any atom is 0.323 e. The van der Waals surface area contributed by atoms with Gasteiger partial charge in [-0.05, 0) is 0 Å². The lowest BCUT2D eigenvalue weighted by molar-refractivity contribution is -0.148. The standard InChI is InChI=1S/C22H25N11O6/c34-17(35)9-32(21(38)19(28-5-1-23-11-28)29-6-2-24-12-29)15-27-16-33(10-18(36)37)22(39)20(30-7-3-25-13-30)31-8-4-26-14-31/h1-8,11-14,19-20,27H,9-10,15-16H2,(H,34,35)(H,36,37). The van der Waals surface area contributed by atoms with Crippen LogP contribution in [-0.2, 0) is 19.2 Å². The monoisotopic (exact) mass is 539 g/mol. The van der Waals surface area contributed by atoms with Crippen LogP contribution in [0.3, 0.4) is 0 Å². The molecule has 0 spiro atoms. The second kappa shape index (κ2) is 12.3. The Morgan fingerprint density at radius 2 is 0.923 bits per heavy atom. The summed E-state index contributed by atoms with van der Waals surface area (Å²) in [4.78, 5) is 68.1. The van der Waals surface area contributed by atoms with Gasteiger partial charge < -0.3 is 38.3 Å². The SMILES string of the molecule is O=C(O)CN(CNCN(CC(=O)O)C(=O)C(n1ccnc1)n1ccnc1)C(=O)C(n1ccnc1)n1ccnc1. The summed E-state index contributed by atoms with van der Waals surface area (Å²) in [5.41, 5.74) is 0. The maximum absolute atomic E-state index is 13.5. The number of nitrogens with zero attached hydrogens (tertiary/aromatic N) is 10. The molecule has 0 saturated carbocycles. The van der Waals surface area contributed by atoms with E-state index in [1.54, 1.807) is 24.8 Å². The number of rotatable bonds is 14. The van der Waals surface area contributed by atoms with Gasteiger partial charge in [-0.15, -0.1) is 0 Å². The minimum absolute atomic E-state index is 0.310. The van der Waals surface area contributed by atoms with Crippen molar-refractivity contribution < 1.29 is 29.4 Å². The van der Waals surface area contributed by atoms with Gasteiger partial charge in [0.1, 0.15) is 13.1 Å². The quantitative estimate of drug-likeness (QED) is 0.159.